The van der Waals surface area contributed by atoms with E-state index in [2.05, 4.69) is 62.1 Å². The van der Waals surface area contributed by atoms with Crippen LogP contribution in [0.15, 0.2) is 53.0 Å². The van der Waals surface area contributed by atoms with E-state index in [0.29, 0.717) is 6.04 Å². The predicted molar refractivity (Wildman–Crippen MR) is 94.1 cm³/mol. The molecule has 118 valence electrons. The number of fused-ring (bicyclic) bond motifs is 1. The molecule has 0 bridgehead atoms. The van der Waals surface area contributed by atoms with E-state index < -0.39 is 0 Å². The van der Waals surface area contributed by atoms with Crippen LogP contribution >= 0.6 is 15.9 Å². The average molecular weight is 371 g/mol. The number of hydrogen-bond acceptors (Lipinski definition) is 2. The molecule has 2 aliphatic heterocycles. The molecule has 0 aromatic heterocycles. The minimum Gasteiger partial charge on any atom is -0.330 e. The highest BCUT2D eigenvalue weighted by Crippen LogP contribution is 2.30. The lowest BCUT2D eigenvalue weighted by Crippen LogP contribution is -2.37. The molecule has 0 radical (unpaired) electrons. The summed E-state index contributed by atoms with van der Waals surface area (Å²) in [5, 5.41) is 0. The van der Waals surface area contributed by atoms with Crippen LogP contribution in [0.5, 0.6) is 0 Å². The molecule has 0 N–H and O–H groups in total. The van der Waals surface area contributed by atoms with E-state index >= 15 is 0 Å². The van der Waals surface area contributed by atoms with Crippen LogP contribution in [0.25, 0.3) is 0 Å². The van der Waals surface area contributed by atoms with Crippen molar-refractivity contribution in [2.24, 2.45) is 0 Å². The number of halogens is 1. The summed E-state index contributed by atoms with van der Waals surface area (Å²) in [5.74, 6) is 0.194. The molecular formula is C19H19BrN2O. The quantitative estimate of drug-likeness (QED) is 0.822. The molecule has 23 heavy (non-hydrogen) atoms. The van der Waals surface area contributed by atoms with E-state index in [-0.39, 0.29) is 5.91 Å². The second-order valence-corrected chi connectivity index (χ2v) is 7.31. The number of amides is 1. The highest BCUT2D eigenvalue weighted by Gasteiger charge is 2.36. The Labute approximate surface area is 145 Å². The van der Waals surface area contributed by atoms with E-state index in [1.807, 2.05) is 12.1 Å². The van der Waals surface area contributed by atoms with Crippen LogP contribution < -0.4 is 0 Å². The molecule has 2 aromatic carbocycles. The third kappa shape index (κ3) is 2.93. The van der Waals surface area contributed by atoms with Crippen LogP contribution in [-0.2, 0) is 13.1 Å². The minimum absolute atomic E-state index is 0.194. The van der Waals surface area contributed by atoms with Crippen LogP contribution in [0.1, 0.15) is 27.9 Å². The second-order valence-electron chi connectivity index (χ2n) is 6.40. The molecule has 0 spiro atoms. The molecule has 2 aliphatic rings. The Kier molecular flexibility index (Phi) is 3.95. The Bertz CT molecular complexity index is 731. The summed E-state index contributed by atoms with van der Waals surface area (Å²) in [6, 6.07) is 16.9. The molecule has 0 aliphatic carbocycles. The molecule has 1 atom stereocenters. The van der Waals surface area contributed by atoms with Gasteiger partial charge in [-0.05, 0) is 35.7 Å². The van der Waals surface area contributed by atoms with Crippen molar-refractivity contribution >= 4 is 21.8 Å². The van der Waals surface area contributed by atoms with E-state index in [4.69, 9.17) is 0 Å². The van der Waals surface area contributed by atoms with Crippen LogP contribution in [-0.4, -0.2) is 34.8 Å². The monoisotopic (exact) mass is 370 g/mol. The third-order valence-corrected chi connectivity index (χ3v) is 5.33. The van der Waals surface area contributed by atoms with Gasteiger partial charge >= 0.3 is 0 Å². The van der Waals surface area contributed by atoms with E-state index in [1.165, 1.54) is 5.56 Å². The lowest BCUT2D eigenvalue weighted by molar-refractivity contribution is 0.0706. The van der Waals surface area contributed by atoms with E-state index in [0.717, 1.165) is 48.2 Å². The van der Waals surface area contributed by atoms with Crippen molar-refractivity contribution in [1.29, 1.82) is 0 Å². The predicted octanol–water partition coefficient (Wildman–Crippen LogP) is 3.68. The Morgan fingerprint density at radius 1 is 1.13 bits per heavy atom. The van der Waals surface area contributed by atoms with Gasteiger partial charge in [-0.2, -0.15) is 0 Å². The van der Waals surface area contributed by atoms with Gasteiger partial charge < -0.3 is 4.90 Å². The van der Waals surface area contributed by atoms with Gasteiger partial charge in [0, 0.05) is 42.3 Å². The number of carbonyl (C=O) groups is 1. The van der Waals surface area contributed by atoms with Gasteiger partial charge in [-0.3, -0.25) is 9.69 Å². The Balaban J connectivity index is 1.44. The maximum Gasteiger partial charge on any atom is 0.254 e. The van der Waals surface area contributed by atoms with Crippen molar-refractivity contribution in [3.05, 3.63) is 69.7 Å². The fourth-order valence-electron chi connectivity index (χ4n) is 3.66. The van der Waals surface area contributed by atoms with E-state index in [1.54, 1.807) is 0 Å². The number of hydrogen-bond donors (Lipinski definition) is 0. The maximum absolute atomic E-state index is 12.7. The first kappa shape index (κ1) is 14.9. The first-order chi connectivity index (χ1) is 11.2. The van der Waals surface area contributed by atoms with Crippen molar-refractivity contribution in [3.8, 4) is 0 Å². The van der Waals surface area contributed by atoms with Crippen molar-refractivity contribution < 1.29 is 4.79 Å². The summed E-state index contributed by atoms with van der Waals surface area (Å²) in [7, 11) is 0. The Morgan fingerprint density at radius 3 is 2.78 bits per heavy atom. The zero-order valence-electron chi connectivity index (χ0n) is 12.9. The zero-order valence-corrected chi connectivity index (χ0v) is 14.5. The molecule has 2 heterocycles. The third-order valence-electron chi connectivity index (χ3n) is 4.84. The highest BCUT2D eigenvalue weighted by atomic mass is 79.9. The summed E-state index contributed by atoms with van der Waals surface area (Å²) in [5.41, 5.74) is 3.36. The fraction of sp³-hybridized carbons (Fsp3) is 0.316. The summed E-state index contributed by atoms with van der Waals surface area (Å²) in [6.45, 7) is 3.74. The molecule has 3 nitrogen and oxygen atoms in total. The van der Waals surface area contributed by atoms with Gasteiger partial charge in [-0.25, -0.2) is 0 Å². The first-order valence-electron chi connectivity index (χ1n) is 8.06. The first-order valence-corrected chi connectivity index (χ1v) is 8.86. The fourth-order valence-corrected chi connectivity index (χ4v) is 4.07. The van der Waals surface area contributed by atoms with Gasteiger partial charge in [-0.1, -0.05) is 46.3 Å². The van der Waals surface area contributed by atoms with Crippen LogP contribution in [0, 0.1) is 0 Å². The van der Waals surface area contributed by atoms with Gasteiger partial charge in [-0.15, -0.1) is 0 Å². The molecule has 0 saturated carbocycles. The topological polar surface area (TPSA) is 23.6 Å². The Morgan fingerprint density at radius 2 is 1.96 bits per heavy atom. The van der Waals surface area contributed by atoms with Crippen molar-refractivity contribution in [1.82, 2.24) is 9.80 Å². The molecule has 1 amide bonds. The van der Waals surface area contributed by atoms with Gasteiger partial charge in [0.1, 0.15) is 0 Å². The van der Waals surface area contributed by atoms with Gasteiger partial charge in [0.05, 0.1) is 0 Å². The molecule has 4 heteroatoms. The smallest absolute Gasteiger partial charge is 0.254 e. The average Bonchev–Trinajstić information content (AvgIpc) is 3.13. The minimum atomic E-state index is 0.194. The number of likely N-dealkylation sites (tertiary alicyclic amines) is 1. The molecule has 1 fully saturated rings. The number of rotatable bonds is 3. The summed E-state index contributed by atoms with van der Waals surface area (Å²) in [4.78, 5) is 17.2. The molecular weight excluding hydrogens is 352 g/mol. The van der Waals surface area contributed by atoms with Crippen LogP contribution in [0.4, 0.5) is 0 Å². The van der Waals surface area contributed by atoms with Gasteiger partial charge in [0.15, 0.2) is 0 Å². The highest BCUT2D eigenvalue weighted by molar-refractivity contribution is 9.10. The van der Waals surface area contributed by atoms with Crippen LogP contribution in [0.3, 0.4) is 0 Å². The lowest BCUT2D eigenvalue weighted by Gasteiger charge is -2.24. The van der Waals surface area contributed by atoms with Crippen molar-refractivity contribution in [2.45, 2.75) is 25.6 Å². The molecule has 1 saturated heterocycles. The Hall–Kier alpha value is -1.65. The number of carbonyl (C=O) groups excluding carboxylic acids is 1. The van der Waals surface area contributed by atoms with Gasteiger partial charge in [0.25, 0.3) is 5.91 Å². The second kappa shape index (κ2) is 6.10. The van der Waals surface area contributed by atoms with Gasteiger partial charge in [0.2, 0.25) is 0 Å². The molecule has 2 aromatic rings. The standard InChI is InChI=1S/C19H19BrN2O/c20-16-6-7-18-15(10-16)12-22(19(18)23)17-8-9-21(13-17)11-14-4-2-1-3-5-14/h1-7,10,17H,8-9,11-13H2/t17-/m1/s1. The number of nitrogens with zero attached hydrogens (tertiary/aromatic N) is 2. The summed E-state index contributed by atoms with van der Waals surface area (Å²) >= 11 is 3.50. The van der Waals surface area contributed by atoms with Crippen LogP contribution in [0.2, 0.25) is 0 Å². The van der Waals surface area contributed by atoms with Crippen molar-refractivity contribution in [3.63, 3.8) is 0 Å². The normalized spacial score (nSPS) is 21.0. The SMILES string of the molecule is O=C1c2ccc(Br)cc2CN1[C@@H]1CCN(Cc2ccccc2)C1. The summed E-state index contributed by atoms with van der Waals surface area (Å²) in [6.07, 6.45) is 1.06. The largest absolute Gasteiger partial charge is 0.330 e. The molecule has 0 unspecified atom stereocenters. The summed E-state index contributed by atoms with van der Waals surface area (Å²) < 4.78 is 1.04. The number of benzene rings is 2. The van der Waals surface area contributed by atoms with Crippen molar-refractivity contribution in [2.75, 3.05) is 13.1 Å². The zero-order chi connectivity index (χ0) is 15.8. The van der Waals surface area contributed by atoms with E-state index in [9.17, 15) is 4.79 Å². The maximum atomic E-state index is 12.7. The molecule has 4 rings (SSSR count). The lowest BCUT2D eigenvalue weighted by atomic mass is 10.1.